The molecule has 0 radical (unpaired) electrons. The van der Waals surface area contributed by atoms with Crippen LogP contribution in [-0.4, -0.2) is 27.4 Å². The van der Waals surface area contributed by atoms with Crippen molar-refractivity contribution in [1.29, 1.82) is 0 Å². The molecule has 0 saturated heterocycles. The van der Waals surface area contributed by atoms with Crippen molar-refractivity contribution >= 4 is 17.3 Å². The van der Waals surface area contributed by atoms with Crippen LogP contribution >= 0.6 is 11.3 Å². The summed E-state index contributed by atoms with van der Waals surface area (Å²) < 4.78 is 1.89. The molecule has 2 aromatic rings. The molecule has 96 valence electrons. The van der Waals surface area contributed by atoms with Crippen molar-refractivity contribution in [2.45, 2.75) is 20.0 Å². The van der Waals surface area contributed by atoms with Crippen molar-refractivity contribution in [2.24, 2.45) is 0 Å². The summed E-state index contributed by atoms with van der Waals surface area (Å²) in [5, 5.41) is 16.3. The van der Waals surface area contributed by atoms with Crippen LogP contribution in [0.5, 0.6) is 0 Å². The Labute approximate surface area is 109 Å². The molecule has 6 heteroatoms. The van der Waals surface area contributed by atoms with Gasteiger partial charge in [-0.25, -0.2) is 4.79 Å². The molecular weight excluding hydrogens is 250 g/mol. The highest BCUT2D eigenvalue weighted by Crippen LogP contribution is 2.15. The lowest BCUT2D eigenvalue weighted by Crippen LogP contribution is -2.19. The topological polar surface area (TPSA) is 67.2 Å². The molecule has 0 atom stereocenters. The summed E-state index contributed by atoms with van der Waals surface area (Å²) in [6.07, 6.45) is 3.83. The maximum absolute atomic E-state index is 10.7. The van der Waals surface area contributed by atoms with Crippen LogP contribution in [-0.2, 0) is 13.1 Å². The lowest BCUT2D eigenvalue weighted by Gasteiger charge is -2.03. The van der Waals surface area contributed by atoms with Gasteiger partial charge in [-0.3, -0.25) is 4.68 Å². The maximum atomic E-state index is 10.7. The second-order valence-electron chi connectivity index (χ2n) is 4.03. The van der Waals surface area contributed by atoms with E-state index in [0.717, 1.165) is 23.5 Å². The van der Waals surface area contributed by atoms with Crippen LogP contribution in [0.3, 0.4) is 0 Å². The first-order valence-electron chi connectivity index (χ1n) is 5.67. The Bertz CT molecular complexity index is 533. The van der Waals surface area contributed by atoms with Gasteiger partial charge in [0, 0.05) is 24.2 Å². The standard InChI is InChI=1S/C12H15N3O2S/c1-9-6-14-15(8-9)5-4-13-7-10-2-3-11(18-10)12(16)17/h2-3,6,8,13H,4-5,7H2,1H3,(H,16,17). The molecule has 0 aliphatic carbocycles. The summed E-state index contributed by atoms with van der Waals surface area (Å²) in [7, 11) is 0. The maximum Gasteiger partial charge on any atom is 0.345 e. The van der Waals surface area contributed by atoms with Gasteiger partial charge in [0.1, 0.15) is 4.88 Å². The molecule has 2 aromatic heterocycles. The molecule has 2 N–H and O–H groups in total. The Balaban J connectivity index is 1.73. The molecule has 0 aliphatic rings. The van der Waals surface area contributed by atoms with Crippen molar-refractivity contribution in [1.82, 2.24) is 15.1 Å². The van der Waals surface area contributed by atoms with Gasteiger partial charge in [0.2, 0.25) is 0 Å². The number of hydrogen-bond donors (Lipinski definition) is 2. The molecule has 0 amide bonds. The van der Waals surface area contributed by atoms with E-state index in [4.69, 9.17) is 5.11 Å². The van der Waals surface area contributed by atoms with Crippen LogP contribution in [0, 0.1) is 6.92 Å². The molecule has 0 aromatic carbocycles. The van der Waals surface area contributed by atoms with E-state index in [9.17, 15) is 4.79 Å². The lowest BCUT2D eigenvalue weighted by molar-refractivity contribution is 0.0702. The molecule has 0 spiro atoms. The van der Waals surface area contributed by atoms with Gasteiger partial charge in [0.05, 0.1) is 12.7 Å². The van der Waals surface area contributed by atoms with Gasteiger partial charge in [0.15, 0.2) is 0 Å². The van der Waals surface area contributed by atoms with Gasteiger partial charge in [-0.1, -0.05) is 0 Å². The van der Waals surface area contributed by atoms with Crippen LogP contribution in [0.25, 0.3) is 0 Å². The van der Waals surface area contributed by atoms with Crippen molar-refractivity contribution in [3.8, 4) is 0 Å². The van der Waals surface area contributed by atoms with Crippen LogP contribution in [0.4, 0.5) is 0 Å². The number of aryl methyl sites for hydroxylation is 1. The smallest absolute Gasteiger partial charge is 0.345 e. The minimum absolute atomic E-state index is 0.384. The highest BCUT2D eigenvalue weighted by molar-refractivity contribution is 7.13. The highest BCUT2D eigenvalue weighted by Gasteiger charge is 2.06. The van der Waals surface area contributed by atoms with E-state index >= 15 is 0 Å². The van der Waals surface area contributed by atoms with Crippen molar-refractivity contribution in [2.75, 3.05) is 6.54 Å². The second kappa shape index (κ2) is 5.79. The first kappa shape index (κ1) is 12.8. The number of thiophene rings is 1. The Kier molecular flexibility index (Phi) is 4.11. The normalized spacial score (nSPS) is 10.7. The number of carbonyl (C=O) groups is 1. The number of aromatic carboxylic acids is 1. The number of carboxylic acids is 1. The van der Waals surface area contributed by atoms with Gasteiger partial charge in [-0.2, -0.15) is 5.10 Å². The largest absolute Gasteiger partial charge is 0.477 e. The molecule has 0 fully saturated rings. The number of aromatic nitrogens is 2. The van der Waals surface area contributed by atoms with Gasteiger partial charge in [0.25, 0.3) is 0 Å². The average Bonchev–Trinajstić information content (AvgIpc) is 2.93. The summed E-state index contributed by atoms with van der Waals surface area (Å²) in [6.45, 7) is 4.32. The zero-order valence-corrected chi connectivity index (χ0v) is 10.9. The molecule has 0 saturated carbocycles. The van der Waals surface area contributed by atoms with E-state index < -0.39 is 5.97 Å². The number of hydrogen-bond acceptors (Lipinski definition) is 4. The molecule has 2 heterocycles. The van der Waals surface area contributed by atoms with Gasteiger partial charge in [-0.15, -0.1) is 11.3 Å². The van der Waals surface area contributed by atoms with Gasteiger partial charge >= 0.3 is 5.97 Å². The Morgan fingerprint density at radius 2 is 2.39 bits per heavy atom. The van der Waals surface area contributed by atoms with E-state index in [1.165, 1.54) is 11.3 Å². The summed E-state index contributed by atoms with van der Waals surface area (Å²) in [6, 6.07) is 3.49. The van der Waals surface area contributed by atoms with Crippen LogP contribution in [0.15, 0.2) is 24.5 Å². The molecule has 0 unspecified atom stereocenters. The van der Waals surface area contributed by atoms with Gasteiger partial charge in [-0.05, 0) is 24.6 Å². The van der Waals surface area contributed by atoms with E-state index in [1.54, 1.807) is 6.07 Å². The Morgan fingerprint density at radius 3 is 3.00 bits per heavy atom. The summed E-state index contributed by atoms with van der Waals surface area (Å²) in [4.78, 5) is 12.1. The molecule has 0 aliphatic heterocycles. The van der Waals surface area contributed by atoms with Crippen molar-refractivity contribution in [3.05, 3.63) is 39.8 Å². The highest BCUT2D eigenvalue weighted by atomic mass is 32.1. The summed E-state index contributed by atoms with van der Waals surface area (Å²) in [5.74, 6) is -0.863. The van der Waals surface area contributed by atoms with Crippen molar-refractivity contribution in [3.63, 3.8) is 0 Å². The predicted octanol–water partition coefficient (Wildman–Crippen LogP) is 1.74. The SMILES string of the molecule is Cc1cnn(CCNCc2ccc(C(=O)O)s2)c1. The monoisotopic (exact) mass is 265 g/mol. The van der Waals surface area contributed by atoms with E-state index in [0.29, 0.717) is 11.4 Å². The number of nitrogens with one attached hydrogen (secondary N) is 1. The fraction of sp³-hybridized carbons (Fsp3) is 0.333. The first-order valence-corrected chi connectivity index (χ1v) is 6.48. The predicted molar refractivity (Wildman–Crippen MR) is 69.9 cm³/mol. The van der Waals surface area contributed by atoms with Crippen LogP contribution < -0.4 is 5.32 Å². The fourth-order valence-corrected chi connectivity index (χ4v) is 2.40. The third-order valence-electron chi connectivity index (χ3n) is 2.45. The third-order valence-corrected chi connectivity index (χ3v) is 3.52. The first-order chi connectivity index (χ1) is 8.65. The molecule has 5 nitrogen and oxygen atoms in total. The minimum Gasteiger partial charge on any atom is -0.477 e. The summed E-state index contributed by atoms with van der Waals surface area (Å²) in [5.41, 5.74) is 1.15. The number of nitrogens with zero attached hydrogens (tertiary/aromatic N) is 2. The molecule has 2 rings (SSSR count). The lowest BCUT2D eigenvalue weighted by atomic mass is 10.4. The third kappa shape index (κ3) is 3.41. The quantitative estimate of drug-likeness (QED) is 0.781. The molecule has 0 bridgehead atoms. The van der Waals surface area contributed by atoms with E-state index in [1.807, 2.05) is 30.1 Å². The molecular formula is C12H15N3O2S. The minimum atomic E-state index is -0.863. The molecule has 18 heavy (non-hydrogen) atoms. The van der Waals surface area contributed by atoms with Crippen LogP contribution in [0.1, 0.15) is 20.1 Å². The Morgan fingerprint density at radius 1 is 1.56 bits per heavy atom. The number of carboxylic acid groups (broad SMARTS) is 1. The van der Waals surface area contributed by atoms with E-state index in [-0.39, 0.29) is 0 Å². The fourth-order valence-electron chi connectivity index (χ4n) is 1.58. The summed E-state index contributed by atoms with van der Waals surface area (Å²) >= 11 is 1.31. The van der Waals surface area contributed by atoms with Crippen molar-refractivity contribution < 1.29 is 9.90 Å². The average molecular weight is 265 g/mol. The second-order valence-corrected chi connectivity index (χ2v) is 5.20. The zero-order chi connectivity index (χ0) is 13.0. The van der Waals surface area contributed by atoms with Crippen LogP contribution in [0.2, 0.25) is 0 Å². The van der Waals surface area contributed by atoms with E-state index in [2.05, 4.69) is 10.4 Å². The zero-order valence-electron chi connectivity index (χ0n) is 10.1. The Hall–Kier alpha value is -1.66. The number of rotatable bonds is 6. The van der Waals surface area contributed by atoms with Gasteiger partial charge < -0.3 is 10.4 Å².